The monoisotopic (exact) mass is 380 g/mol. The SMILES string of the molecule is O=c1cc(COc2ccc(Br)cc2)c2ccc3ccccc3c2o1. The van der Waals surface area contributed by atoms with Gasteiger partial charge in [0.05, 0.1) is 0 Å². The van der Waals surface area contributed by atoms with E-state index in [0.717, 1.165) is 31.9 Å². The molecule has 4 heteroatoms. The van der Waals surface area contributed by atoms with Crippen molar-refractivity contribution in [2.75, 3.05) is 0 Å². The fourth-order valence-corrected chi connectivity index (χ4v) is 3.03. The number of halogens is 1. The molecular formula is C20H13BrO3. The molecule has 0 saturated heterocycles. The van der Waals surface area contributed by atoms with E-state index >= 15 is 0 Å². The standard InChI is InChI=1S/C20H13BrO3/c21-15-6-8-16(9-7-15)23-12-14-11-19(22)24-20-17-4-2-1-3-13(17)5-10-18(14)20/h1-11H,12H2. The lowest BCUT2D eigenvalue weighted by molar-refractivity contribution is 0.306. The summed E-state index contributed by atoms with van der Waals surface area (Å²) in [6.45, 7) is 0.308. The molecule has 118 valence electrons. The highest BCUT2D eigenvalue weighted by atomic mass is 79.9. The summed E-state index contributed by atoms with van der Waals surface area (Å²) in [5.41, 5.74) is 1.05. The molecule has 0 N–H and O–H groups in total. The van der Waals surface area contributed by atoms with E-state index in [9.17, 15) is 4.79 Å². The predicted octanol–water partition coefficient (Wildman–Crippen LogP) is 5.29. The second-order valence-electron chi connectivity index (χ2n) is 5.50. The maximum absolute atomic E-state index is 12.0. The Kier molecular flexibility index (Phi) is 3.82. The molecule has 3 aromatic carbocycles. The van der Waals surface area contributed by atoms with Crippen molar-refractivity contribution in [3.63, 3.8) is 0 Å². The molecule has 1 aromatic heterocycles. The summed E-state index contributed by atoms with van der Waals surface area (Å²) in [6.07, 6.45) is 0. The molecule has 4 rings (SSSR count). The largest absolute Gasteiger partial charge is 0.489 e. The zero-order valence-electron chi connectivity index (χ0n) is 12.7. The summed E-state index contributed by atoms with van der Waals surface area (Å²) in [4.78, 5) is 12.0. The summed E-state index contributed by atoms with van der Waals surface area (Å²) in [5.74, 6) is 0.750. The van der Waals surface area contributed by atoms with E-state index < -0.39 is 0 Å². The summed E-state index contributed by atoms with van der Waals surface area (Å²) in [6, 6.07) is 21.0. The molecular weight excluding hydrogens is 368 g/mol. The van der Waals surface area contributed by atoms with Crippen LogP contribution >= 0.6 is 15.9 Å². The van der Waals surface area contributed by atoms with E-state index in [2.05, 4.69) is 15.9 Å². The molecule has 0 amide bonds. The molecule has 1 heterocycles. The van der Waals surface area contributed by atoms with E-state index in [0.29, 0.717) is 12.2 Å². The fraction of sp³-hybridized carbons (Fsp3) is 0.0500. The average Bonchev–Trinajstić information content (AvgIpc) is 2.61. The normalized spacial score (nSPS) is 11.0. The smallest absolute Gasteiger partial charge is 0.336 e. The first-order valence-electron chi connectivity index (χ1n) is 7.53. The number of rotatable bonds is 3. The lowest BCUT2D eigenvalue weighted by atomic mass is 10.0. The Morgan fingerprint density at radius 3 is 2.54 bits per heavy atom. The first kappa shape index (κ1) is 15.0. The number of ether oxygens (including phenoxy) is 1. The van der Waals surface area contributed by atoms with Gasteiger partial charge in [-0.2, -0.15) is 0 Å². The van der Waals surface area contributed by atoms with Crippen LogP contribution in [0.4, 0.5) is 0 Å². The number of fused-ring (bicyclic) bond motifs is 3. The average molecular weight is 381 g/mol. The van der Waals surface area contributed by atoms with Crippen LogP contribution in [0.15, 0.2) is 80.4 Å². The Morgan fingerprint density at radius 1 is 0.917 bits per heavy atom. The number of hydrogen-bond donors (Lipinski definition) is 0. The lowest BCUT2D eigenvalue weighted by Gasteiger charge is -2.09. The molecule has 0 unspecified atom stereocenters. The van der Waals surface area contributed by atoms with Crippen LogP contribution in [-0.4, -0.2) is 0 Å². The Bertz CT molecular complexity index is 1080. The van der Waals surface area contributed by atoms with Gasteiger partial charge in [-0.3, -0.25) is 0 Å². The second kappa shape index (κ2) is 6.13. The van der Waals surface area contributed by atoms with Gasteiger partial charge >= 0.3 is 5.63 Å². The van der Waals surface area contributed by atoms with Gasteiger partial charge in [-0.05, 0) is 29.7 Å². The molecule has 0 radical (unpaired) electrons. The van der Waals surface area contributed by atoms with Crippen molar-refractivity contribution in [1.29, 1.82) is 0 Å². The van der Waals surface area contributed by atoms with Gasteiger partial charge in [0, 0.05) is 26.9 Å². The van der Waals surface area contributed by atoms with E-state index in [1.165, 1.54) is 6.07 Å². The molecule has 0 atom stereocenters. The molecule has 0 aliphatic heterocycles. The van der Waals surface area contributed by atoms with Gasteiger partial charge in [-0.15, -0.1) is 0 Å². The van der Waals surface area contributed by atoms with Crippen molar-refractivity contribution in [2.45, 2.75) is 6.61 Å². The van der Waals surface area contributed by atoms with Crippen LogP contribution in [0, 0.1) is 0 Å². The molecule has 0 bridgehead atoms. The third-order valence-corrected chi connectivity index (χ3v) is 4.46. The zero-order valence-corrected chi connectivity index (χ0v) is 14.2. The van der Waals surface area contributed by atoms with Gasteiger partial charge < -0.3 is 9.15 Å². The molecule has 0 spiro atoms. The van der Waals surface area contributed by atoms with Crippen LogP contribution in [0.5, 0.6) is 5.75 Å². The van der Waals surface area contributed by atoms with Crippen molar-refractivity contribution in [2.24, 2.45) is 0 Å². The first-order chi connectivity index (χ1) is 11.7. The van der Waals surface area contributed by atoms with Crippen molar-refractivity contribution in [1.82, 2.24) is 0 Å². The first-order valence-corrected chi connectivity index (χ1v) is 8.33. The highest BCUT2D eigenvalue weighted by Gasteiger charge is 2.09. The summed E-state index contributed by atoms with van der Waals surface area (Å²) >= 11 is 3.40. The minimum atomic E-state index is -0.367. The number of benzene rings is 3. The highest BCUT2D eigenvalue weighted by Crippen LogP contribution is 2.27. The van der Waals surface area contributed by atoms with Crippen LogP contribution in [0.3, 0.4) is 0 Å². The van der Waals surface area contributed by atoms with E-state index in [4.69, 9.17) is 9.15 Å². The third-order valence-electron chi connectivity index (χ3n) is 3.93. The van der Waals surface area contributed by atoms with Gasteiger partial charge in [0.25, 0.3) is 0 Å². The Balaban J connectivity index is 1.78. The molecule has 24 heavy (non-hydrogen) atoms. The topological polar surface area (TPSA) is 39.4 Å². The number of hydrogen-bond acceptors (Lipinski definition) is 3. The lowest BCUT2D eigenvalue weighted by Crippen LogP contribution is -2.04. The van der Waals surface area contributed by atoms with Gasteiger partial charge in [-0.25, -0.2) is 4.79 Å². The van der Waals surface area contributed by atoms with E-state index in [1.54, 1.807) is 0 Å². The maximum atomic E-state index is 12.0. The van der Waals surface area contributed by atoms with Crippen LogP contribution in [0.2, 0.25) is 0 Å². The minimum Gasteiger partial charge on any atom is -0.489 e. The second-order valence-corrected chi connectivity index (χ2v) is 6.41. The summed E-state index contributed by atoms with van der Waals surface area (Å²) in [7, 11) is 0. The molecule has 0 saturated carbocycles. The van der Waals surface area contributed by atoms with Crippen molar-refractivity contribution in [3.8, 4) is 5.75 Å². The third kappa shape index (κ3) is 2.81. The Morgan fingerprint density at radius 2 is 1.71 bits per heavy atom. The van der Waals surface area contributed by atoms with Crippen LogP contribution in [-0.2, 0) is 6.61 Å². The van der Waals surface area contributed by atoms with Crippen LogP contribution < -0.4 is 10.4 Å². The van der Waals surface area contributed by atoms with Crippen molar-refractivity contribution >= 4 is 37.7 Å². The molecule has 0 aliphatic rings. The quantitative estimate of drug-likeness (QED) is 0.358. The molecule has 0 aliphatic carbocycles. The van der Waals surface area contributed by atoms with Gasteiger partial charge in [0.1, 0.15) is 17.9 Å². The predicted molar refractivity (Wildman–Crippen MR) is 98.5 cm³/mol. The molecule has 4 aromatic rings. The Labute approximate surface area is 146 Å². The highest BCUT2D eigenvalue weighted by molar-refractivity contribution is 9.10. The van der Waals surface area contributed by atoms with Crippen molar-refractivity contribution in [3.05, 3.63) is 87.2 Å². The maximum Gasteiger partial charge on any atom is 0.336 e. The summed E-state index contributed by atoms with van der Waals surface area (Å²) < 4.78 is 12.3. The van der Waals surface area contributed by atoms with E-state index in [1.807, 2.05) is 60.7 Å². The van der Waals surface area contributed by atoms with Gasteiger partial charge in [0.2, 0.25) is 0 Å². The molecule has 0 fully saturated rings. The van der Waals surface area contributed by atoms with E-state index in [-0.39, 0.29) is 5.63 Å². The van der Waals surface area contributed by atoms with Crippen molar-refractivity contribution < 1.29 is 9.15 Å². The minimum absolute atomic E-state index is 0.308. The summed E-state index contributed by atoms with van der Waals surface area (Å²) in [5, 5.41) is 2.86. The van der Waals surface area contributed by atoms with Gasteiger partial charge in [0.15, 0.2) is 0 Å². The van der Waals surface area contributed by atoms with Crippen LogP contribution in [0.1, 0.15) is 5.56 Å². The van der Waals surface area contributed by atoms with Crippen LogP contribution in [0.25, 0.3) is 21.7 Å². The molecule has 3 nitrogen and oxygen atoms in total. The Hall–Kier alpha value is -2.59. The zero-order chi connectivity index (χ0) is 16.5. The fourth-order valence-electron chi connectivity index (χ4n) is 2.77. The van der Waals surface area contributed by atoms with Gasteiger partial charge in [-0.1, -0.05) is 52.3 Å².